The molecule has 1 amide bonds. The zero-order valence-corrected chi connectivity index (χ0v) is 16.7. The molecule has 5 nitrogen and oxygen atoms in total. The lowest BCUT2D eigenvalue weighted by Gasteiger charge is -2.39. The van der Waals surface area contributed by atoms with Crippen LogP contribution in [0.1, 0.15) is 22.8 Å². The number of carbonyl (C=O) groups excluding carboxylic acids is 1. The minimum atomic E-state index is -4.34. The number of piperazine rings is 1. The van der Waals surface area contributed by atoms with E-state index in [1.165, 1.54) is 12.1 Å². The first-order valence-electron chi connectivity index (χ1n) is 10.0. The van der Waals surface area contributed by atoms with Gasteiger partial charge in [-0.15, -0.1) is 0 Å². The van der Waals surface area contributed by atoms with Gasteiger partial charge in [-0.3, -0.25) is 9.69 Å². The lowest BCUT2D eigenvalue weighted by Crippen LogP contribution is -2.52. The SMILES string of the molecule is CC1Oc2ccccc2C(=O)N1CCN1CCN(c2cccc(C(F)(F)F)c2)CC1. The van der Waals surface area contributed by atoms with Crippen molar-refractivity contribution in [2.75, 3.05) is 44.2 Å². The molecule has 0 N–H and O–H groups in total. The first-order valence-corrected chi connectivity index (χ1v) is 10.0. The molecule has 0 aliphatic carbocycles. The summed E-state index contributed by atoms with van der Waals surface area (Å²) < 4.78 is 44.7. The predicted molar refractivity (Wildman–Crippen MR) is 108 cm³/mol. The lowest BCUT2D eigenvalue weighted by molar-refractivity contribution is -0.137. The standard InChI is InChI=1S/C22H24F3N3O2/c1-16-28(21(29)19-7-2-3-8-20(19)30-16)14-11-26-9-12-27(13-10-26)18-6-4-5-17(15-18)22(23,24)25/h2-8,15-16H,9-14H2,1H3. The Morgan fingerprint density at radius 3 is 2.47 bits per heavy atom. The average molecular weight is 419 g/mol. The molecule has 0 aromatic heterocycles. The summed E-state index contributed by atoms with van der Waals surface area (Å²) in [5, 5.41) is 0. The van der Waals surface area contributed by atoms with Crippen molar-refractivity contribution in [2.24, 2.45) is 0 Å². The summed E-state index contributed by atoms with van der Waals surface area (Å²) in [4.78, 5) is 18.7. The Labute approximate surface area is 173 Å². The number of amides is 1. The van der Waals surface area contributed by atoms with Gasteiger partial charge in [0.05, 0.1) is 11.1 Å². The van der Waals surface area contributed by atoms with E-state index in [9.17, 15) is 18.0 Å². The van der Waals surface area contributed by atoms with Gasteiger partial charge in [0.15, 0.2) is 6.23 Å². The van der Waals surface area contributed by atoms with E-state index in [2.05, 4.69) is 4.90 Å². The topological polar surface area (TPSA) is 36.0 Å². The van der Waals surface area contributed by atoms with Gasteiger partial charge in [0.25, 0.3) is 5.91 Å². The van der Waals surface area contributed by atoms with Crippen LogP contribution in [0.2, 0.25) is 0 Å². The molecule has 0 spiro atoms. The van der Waals surface area contributed by atoms with Crippen LogP contribution in [0, 0.1) is 0 Å². The van der Waals surface area contributed by atoms with E-state index in [1.54, 1.807) is 23.1 Å². The molecule has 0 saturated carbocycles. The quantitative estimate of drug-likeness (QED) is 0.757. The second-order valence-electron chi connectivity index (χ2n) is 7.59. The number of fused-ring (bicyclic) bond motifs is 1. The molecule has 1 saturated heterocycles. The van der Waals surface area contributed by atoms with Gasteiger partial charge in [-0.05, 0) is 37.3 Å². The number of alkyl halides is 3. The van der Waals surface area contributed by atoms with Gasteiger partial charge in [0.1, 0.15) is 5.75 Å². The third-order valence-electron chi connectivity index (χ3n) is 5.68. The van der Waals surface area contributed by atoms with Gasteiger partial charge in [0, 0.05) is 45.0 Å². The van der Waals surface area contributed by atoms with E-state index in [0.717, 1.165) is 19.2 Å². The average Bonchev–Trinajstić information content (AvgIpc) is 2.73. The summed E-state index contributed by atoms with van der Waals surface area (Å²) in [6.07, 6.45) is -4.67. The summed E-state index contributed by atoms with van der Waals surface area (Å²) in [7, 11) is 0. The fraction of sp³-hybridized carbons (Fsp3) is 0.409. The number of halogens is 3. The van der Waals surface area contributed by atoms with Crippen molar-refractivity contribution in [2.45, 2.75) is 19.3 Å². The van der Waals surface area contributed by atoms with Crippen molar-refractivity contribution in [1.29, 1.82) is 0 Å². The van der Waals surface area contributed by atoms with Crippen LogP contribution < -0.4 is 9.64 Å². The minimum absolute atomic E-state index is 0.0352. The Bertz CT molecular complexity index is 910. The number of para-hydroxylation sites is 1. The third kappa shape index (κ3) is 4.23. The van der Waals surface area contributed by atoms with E-state index < -0.39 is 11.7 Å². The zero-order chi connectivity index (χ0) is 21.3. The largest absolute Gasteiger partial charge is 0.470 e. The van der Waals surface area contributed by atoms with E-state index in [4.69, 9.17) is 4.74 Å². The molecule has 2 aromatic carbocycles. The highest BCUT2D eigenvalue weighted by molar-refractivity contribution is 5.97. The van der Waals surface area contributed by atoms with Crippen LogP contribution in [0.5, 0.6) is 5.75 Å². The Balaban J connectivity index is 1.32. The highest BCUT2D eigenvalue weighted by Crippen LogP contribution is 2.32. The van der Waals surface area contributed by atoms with Gasteiger partial charge in [-0.25, -0.2) is 0 Å². The second-order valence-corrected chi connectivity index (χ2v) is 7.59. The molecular weight excluding hydrogens is 395 g/mol. The highest BCUT2D eigenvalue weighted by atomic mass is 19.4. The van der Waals surface area contributed by atoms with Gasteiger partial charge >= 0.3 is 6.18 Å². The van der Waals surface area contributed by atoms with Crippen molar-refractivity contribution in [3.05, 3.63) is 59.7 Å². The summed E-state index contributed by atoms with van der Waals surface area (Å²) >= 11 is 0. The van der Waals surface area contributed by atoms with Crippen LogP contribution in [0.15, 0.2) is 48.5 Å². The van der Waals surface area contributed by atoms with E-state index in [-0.39, 0.29) is 12.1 Å². The van der Waals surface area contributed by atoms with E-state index in [1.807, 2.05) is 24.0 Å². The molecular formula is C22H24F3N3O2. The molecule has 0 radical (unpaired) electrons. The van der Waals surface area contributed by atoms with Crippen molar-refractivity contribution in [3.8, 4) is 5.75 Å². The number of ether oxygens (including phenoxy) is 1. The molecule has 30 heavy (non-hydrogen) atoms. The molecule has 2 aliphatic rings. The Kier molecular flexibility index (Phi) is 5.60. The molecule has 2 aromatic rings. The van der Waals surface area contributed by atoms with Crippen molar-refractivity contribution in [3.63, 3.8) is 0 Å². The number of rotatable bonds is 4. The summed E-state index contributed by atoms with van der Waals surface area (Å²) in [5.74, 6) is 0.577. The Hall–Kier alpha value is -2.74. The third-order valence-corrected chi connectivity index (χ3v) is 5.68. The fourth-order valence-electron chi connectivity index (χ4n) is 3.95. The lowest BCUT2D eigenvalue weighted by atomic mass is 10.1. The number of nitrogens with zero attached hydrogens (tertiary/aromatic N) is 3. The van der Waals surface area contributed by atoms with E-state index >= 15 is 0 Å². The van der Waals surface area contributed by atoms with Crippen LogP contribution in [0.3, 0.4) is 0 Å². The van der Waals surface area contributed by atoms with Gasteiger partial charge < -0.3 is 14.5 Å². The van der Waals surface area contributed by atoms with E-state index in [0.29, 0.717) is 43.2 Å². The molecule has 1 atom stereocenters. The van der Waals surface area contributed by atoms with Crippen LogP contribution in [0.25, 0.3) is 0 Å². The number of carbonyl (C=O) groups is 1. The Morgan fingerprint density at radius 2 is 1.73 bits per heavy atom. The Morgan fingerprint density at radius 1 is 1.00 bits per heavy atom. The summed E-state index contributed by atoms with van der Waals surface area (Å²) in [6.45, 7) is 5.83. The van der Waals surface area contributed by atoms with Crippen LogP contribution in [-0.2, 0) is 6.18 Å². The van der Waals surface area contributed by atoms with Crippen LogP contribution in [0.4, 0.5) is 18.9 Å². The molecule has 2 heterocycles. The summed E-state index contributed by atoms with van der Waals surface area (Å²) in [6, 6.07) is 12.7. The van der Waals surface area contributed by atoms with Gasteiger partial charge in [-0.1, -0.05) is 18.2 Å². The molecule has 8 heteroatoms. The maximum atomic E-state index is 13.0. The van der Waals surface area contributed by atoms with Crippen molar-refractivity contribution in [1.82, 2.24) is 9.80 Å². The molecule has 4 rings (SSSR count). The number of hydrogen-bond donors (Lipinski definition) is 0. The molecule has 160 valence electrons. The monoisotopic (exact) mass is 419 g/mol. The normalized spacial score (nSPS) is 20.1. The first-order chi connectivity index (χ1) is 14.3. The maximum absolute atomic E-state index is 13.0. The summed E-state index contributed by atoms with van der Waals surface area (Å²) in [5.41, 5.74) is 0.541. The fourth-order valence-corrected chi connectivity index (χ4v) is 3.95. The highest BCUT2D eigenvalue weighted by Gasteiger charge is 2.32. The molecule has 2 aliphatic heterocycles. The number of hydrogen-bond acceptors (Lipinski definition) is 4. The minimum Gasteiger partial charge on any atom is -0.470 e. The van der Waals surface area contributed by atoms with Crippen LogP contribution in [-0.4, -0.2) is 61.2 Å². The van der Waals surface area contributed by atoms with Gasteiger partial charge in [0.2, 0.25) is 0 Å². The maximum Gasteiger partial charge on any atom is 0.416 e. The zero-order valence-electron chi connectivity index (χ0n) is 16.7. The molecule has 0 bridgehead atoms. The number of benzene rings is 2. The van der Waals surface area contributed by atoms with Crippen LogP contribution >= 0.6 is 0 Å². The number of anilines is 1. The smallest absolute Gasteiger partial charge is 0.416 e. The first kappa shape index (κ1) is 20.5. The van der Waals surface area contributed by atoms with Crippen molar-refractivity contribution < 1.29 is 22.7 Å². The second kappa shape index (κ2) is 8.18. The predicted octanol–water partition coefficient (Wildman–Crippen LogP) is 3.71. The van der Waals surface area contributed by atoms with Gasteiger partial charge in [-0.2, -0.15) is 13.2 Å². The molecule has 1 fully saturated rings. The molecule has 1 unspecified atom stereocenters. The van der Waals surface area contributed by atoms with Crippen molar-refractivity contribution >= 4 is 11.6 Å².